The summed E-state index contributed by atoms with van der Waals surface area (Å²) < 4.78 is 0. The first-order valence-corrected chi connectivity index (χ1v) is 6.67. The van der Waals surface area contributed by atoms with Crippen LogP contribution in [0.4, 0.5) is 0 Å². The predicted octanol–water partition coefficient (Wildman–Crippen LogP) is 2.82. The van der Waals surface area contributed by atoms with E-state index in [9.17, 15) is 15.0 Å². The number of carboxylic acid groups (broad SMARTS) is 1. The molecule has 0 heterocycles. The highest BCUT2D eigenvalue weighted by Crippen LogP contribution is 2.60. The van der Waals surface area contributed by atoms with Crippen LogP contribution in [0.2, 0.25) is 0 Å². The van der Waals surface area contributed by atoms with Crippen molar-refractivity contribution >= 4 is 5.97 Å². The van der Waals surface area contributed by atoms with Crippen LogP contribution in [-0.4, -0.2) is 21.8 Å². The van der Waals surface area contributed by atoms with E-state index in [2.05, 4.69) is 20.8 Å². The van der Waals surface area contributed by atoms with E-state index in [-0.39, 0.29) is 5.41 Å². The molecule has 0 spiro atoms. The molecule has 3 heteroatoms. The average Bonchev–Trinajstić information content (AvgIpc) is 2.97. The number of aliphatic carboxylic acids is 1. The van der Waals surface area contributed by atoms with Gasteiger partial charge in [-0.3, -0.25) is 4.79 Å². The monoisotopic (exact) mass is 240 g/mol. The molecule has 0 aromatic carbocycles. The summed E-state index contributed by atoms with van der Waals surface area (Å²) in [6, 6.07) is 0. The van der Waals surface area contributed by atoms with Gasteiger partial charge >= 0.3 is 5.97 Å². The molecule has 0 aromatic rings. The van der Waals surface area contributed by atoms with Crippen molar-refractivity contribution in [2.45, 2.75) is 64.9 Å². The number of carbonyl (C=O) groups is 1. The van der Waals surface area contributed by atoms with Crippen molar-refractivity contribution in [1.29, 1.82) is 0 Å². The third kappa shape index (κ3) is 1.99. The average molecular weight is 240 g/mol. The van der Waals surface area contributed by atoms with Crippen LogP contribution in [0.3, 0.4) is 0 Å². The van der Waals surface area contributed by atoms with E-state index in [1.54, 1.807) is 0 Å². The number of aliphatic hydroxyl groups is 1. The van der Waals surface area contributed by atoms with Crippen LogP contribution in [0.1, 0.15) is 59.3 Å². The summed E-state index contributed by atoms with van der Waals surface area (Å²) >= 11 is 0. The standard InChI is InChI=1S/C14H24O3/c1-12(2,3)10-4-6-14(17,7-5-10)13(8-9-13)11(15)16/h10,17H,4-9H2,1-3H3,(H,15,16). The van der Waals surface area contributed by atoms with E-state index < -0.39 is 17.0 Å². The van der Waals surface area contributed by atoms with Crippen LogP contribution < -0.4 is 0 Å². The quantitative estimate of drug-likeness (QED) is 0.780. The fourth-order valence-electron chi connectivity index (χ4n) is 3.44. The maximum Gasteiger partial charge on any atom is 0.312 e. The van der Waals surface area contributed by atoms with Gasteiger partial charge in [0.1, 0.15) is 0 Å². The minimum absolute atomic E-state index is 0.265. The summed E-state index contributed by atoms with van der Waals surface area (Å²) in [5.41, 5.74) is -1.49. The van der Waals surface area contributed by atoms with Gasteiger partial charge in [0.05, 0.1) is 11.0 Å². The lowest BCUT2D eigenvalue weighted by molar-refractivity contribution is -0.161. The van der Waals surface area contributed by atoms with Crippen LogP contribution in [0.25, 0.3) is 0 Å². The van der Waals surface area contributed by atoms with E-state index in [1.165, 1.54) is 0 Å². The Morgan fingerprint density at radius 1 is 1.12 bits per heavy atom. The molecule has 0 aromatic heterocycles. The van der Waals surface area contributed by atoms with E-state index >= 15 is 0 Å². The topological polar surface area (TPSA) is 57.5 Å². The highest BCUT2D eigenvalue weighted by molar-refractivity contribution is 5.79. The Hall–Kier alpha value is -0.570. The lowest BCUT2D eigenvalue weighted by Gasteiger charge is -2.44. The normalized spacial score (nSPS) is 36.6. The first-order chi connectivity index (χ1) is 7.71. The number of hydrogen-bond donors (Lipinski definition) is 2. The summed E-state index contributed by atoms with van der Waals surface area (Å²) in [5.74, 6) is -0.193. The van der Waals surface area contributed by atoms with Crippen molar-refractivity contribution in [2.24, 2.45) is 16.7 Å². The second kappa shape index (κ2) is 3.71. The Morgan fingerprint density at radius 2 is 1.59 bits per heavy atom. The van der Waals surface area contributed by atoms with Gasteiger partial charge in [0.25, 0.3) is 0 Å². The molecule has 2 aliphatic rings. The van der Waals surface area contributed by atoms with Gasteiger partial charge in [-0.1, -0.05) is 20.8 Å². The molecule has 2 aliphatic carbocycles. The number of rotatable bonds is 2. The molecule has 17 heavy (non-hydrogen) atoms. The van der Waals surface area contributed by atoms with Crippen molar-refractivity contribution in [3.05, 3.63) is 0 Å². The maximum absolute atomic E-state index is 11.3. The van der Waals surface area contributed by atoms with Gasteiger partial charge in [-0.15, -0.1) is 0 Å². The zero-order chi connectivity index (χ0) is 12.9. The Labute approximate surface area is 103 Å². The largest absolute Gasteiger partial charge is 0.481 e. The summed E-state index contributed by atoms with van der Waals surface area (Å²) in [4.78, 5) is 11.3. The fraction of sp³-hybridized carbons (Fsp3) is 0.929. The van der Waals surface area contributed by atoms with Crippen molar-refractivity contribution in [1.82, 2.24) is 0 Å². The Balaban J connectivity index is 2.06. The van der Waals surface area contributed by atoms with Crippen LogP contribution in [-0.2, 0) is 4.79 Å². The van der Waals surface area contributed by atoms with Crippen molar-refractivity contribution in [3.63, 3.8) is 0 Å². The van der Waals surface area contributed by atoms with Gasteiger partial charge in [-0.05, 0) is 49.9 Å². The fourth-order valence-corrected chi connectivity index (χ4v) is 3.44. The predicted molar refractivity (Wildman–Crippen MR) is 65.7 cm³/mol. The van der Waals surface area contributed by atoms with Gasteiger partial charge in [0.15, 0.2) is 0 Å². The van der Waals surface area contributed by atoms with Crippen LogP contribution in [0.15, 0.2) is 0 Å². The molecule has 0 atom stereocenters. The van der Waals surface area contributed by atoms with Gasteiger partial charge in [0, 0.05) is 0 Å². The molecular weight excluding hydrogens is 216 g/mol. The van der Waals surface area contributed by atoms with E-state index in [0.29, 0.717) is 31.6 Å². The molecular formula is C14H24O3. The third-order valence-corrected chi connectivity index (χ3v) is 5.09. The maximum atomic E-state index is 11.3. The molecule has 98 valence electrons. The molecule has 0 amide bonds. The lowest BCUT2D eigenvalue weighted by atomic mass is 9.64. The van der Waals surface area contributed by atoms with Gasteiger partial charge in [0.2, 0.25) is 0 Å². The van der Waals surface area contributed by atoms with Crippen molar-refractivity contribution in [2.75, 3.05) is 0 Å². The minimum atomic E-state index is -0.944. The van der Waals surface area contributed by atoms with Crippen molar-refractivity contribution in [3.8, 4) is 0 Å². The zero-order valence-electron chi connectivity index (χ0n) is 11.1. The Kier molecular flexibility index (Phi) is 2.81. The molecule has 0 aliphatic heterocycles. The third-order valence-electron chi connectivity index (χ3n) is 5.09. The van der Waals surface area contributed by atoms with Crippen LogP contribution >= 0.6 is 0 Å². The molecule has 2 rings (SSSR count). The molecule has 2 saturated carbocycles. The number of hydrogen-bond acceptors (Lipinski definition) is 2. The second-order valence-electron chi connectivity index (χ2n) is 7.06. The molecule has 0 bridgehead atoms. The van der Waals surface area contributed by atoms with Gasteiger partial charge < -0.3 is 10.2 Å². The first-order valence-electron chi connectivity index (χ1n) is 6.67. The van der Waals surface area contributed by atoms with E-state index in [0.717, 1.165) is 12.8 Å². The smallest absolute Gasteiger partial charge is 0.312 e. The Morgan fingerprint density at radius 3 is 1.88 bits per heavy atom. The SMILES string of the molecule is CC(C)(C)C1CCC(O)(C2(C(=O)O)CC2)CC1. The summed E-state index contributed by atoms with van der Waals surface area (Å²) in [6.45, 7) is 6.68. The Bertz CT molecular complexity index is 315. The first kappa shape index (κ1) is 12.9. The van der Waals surface area contributed by atoms with Gasteiger partial charge in [-0.25, -0.2) is 0 Å². The molecule has 2 fully saturated rings. The van der Waals surface area contributed by atoms with Gasteiger partial charge in [-0.2, -0.15) is 0 Å². The zero-order valence-corrected chi connectivity index (χ0v) is 11.1. The van der Waals surface area contributed by atoms with E-state index in [4.69, 9.17) is 0 Å². The summed E-state index contributed by atoms with van der Waals surface area (Å²) in [6.07, 6.45) is 4.52. The number of carboxylic acids is 1. The lowest BCUT2D eigenvalue weighted by Crippen LogP contribution is -2.48. The summed E-state index contributed by atoms with van der Waals surface area (Å²) in [5, 5.41) is 19.9. The van der Waals surface area contributed by atoms with Crippen LogP contribution in [0.5, 0.6) is 0 Å². The highest BCUT2D eigenvalue weighted by Gasteiger charge is 2.64. The minimum Gasteiger partial charge on any atom is -0.481 e. The molecule has 0 saturated heterocycles. The van der Waals surface area contributed by atoms with Crippen LogP contribution in [0, 0.1) is 16.7 Å². The molecule has 2 N–H and O–H groups in total. The summed E-state index contributed by atoms with van der Waals surface area (Å²) in [7, 11) is 0. The molecule has 0 radical (unpaired) electrons. The second-order valence-corrected chi connectivity index (χ2v) is 7.06. The molecule has 3 nitrogen and oxygen atoms in total. The van der Waals surface area contributed by atoms with Crippen molar-refractivity contribution < 1.29 is 15.0 Å². The highest BCUT2D eigenvalue weighted by atomic mass is 16.4. The van der Waals surface area contributed by atoms with E-state index in [1.807, 2.05) is 0 Å². The molecule has 0 unspecified atom stereocenters.